The van der Waals surface area contributed by atoms with Gasteiger partial charge in [-0.3, -0.25) is 4.79 Å². The molecule has 0 aliphatic heterocycles. The quantitative estimate of drug-likeness (QED) is 0.457. The lowest BCUT2D eigenvalue weighted by Crippen LogP contribution is -2.17. The summed E-state index contributed by atoms with van der Waals surface area (Å²) in [5, 5.41) is 6.87. The SMILES string of the molecule is C#CCn1c(=NC(=O)c2c(OCC)ccc3ccccc23)sc2cc(S(N)(=O)=O)ccc21. The van der Waals surface area contributed by atoms with Gasteiger partial charge in [-0.2, -0.15) is 4.99 Å². The summed E-state index contributed by atoms with van der Waals surface area (Å²) in [6, 6.07) is 15.6. The van der Waals surface area contributed by atoms with Gasteiger partial charge in [-0.15, -0.1) is 6.42 Å². The van der Waals surface area contributed by atoms with Gasteiger partial charge in [0.1, 0.15) is 5.75 Å². The highest BCUT2D eigenvalue weighted by Crippen LogP contribution is 2.29. The third-order valence-corrected chi connectivity index (χ3v) is 6.79. The van der Waals surface area contributed by atoms with Crippen molar-refractivity contribution < 1.29 is 17.9 Å². The van der Waals surface area contributed by atoms with E-state index in [4.69, 9.17) is 16.3 Å². The van der Waals surface area contributed by atoms with Crippen LogP contribution >= 0.6 is 11.3 Å². The van der Waals surface area contributed by atoms with Crippen molar-refractivity contribution in [1.29, 1.82) is 0 Å². The Morgan fingerprint density at radius 3 is 2.72 bits per heavy atom. The second-order valence-electron chi connectivity index (χ2n) is 6.86. The number of nitrogens with zero attached hydrogens (tertiary/aromatic N) is 2. The first kappa shape index (κ1) is 21.8. The Balaban J connectivity index is 1.95. The Kier molecular flexibility index (Phi) is 5.84. The summed E-state index contributed by atoms with van der Waals surface area (Å²) in [5.74, 6) is 2.52. The standard InChI is InChI=1S/C23H19N3O4S2/c1-3-13-26-18-11-10-16(32(24,28)29)14-20(18)31-23(26)25-22(27)21-17-8-6-5-7-15(17)9-12-19(21)30-4-2/h1,5-12,14H,4,13H2,2H3,(H2,24,28,29). The van der Waals surface area contributed by atoms with E-state index < -0.39 is 15.9 Å². The Morgan fingerprint density at radius 1 is 1.22 bits per heavy atom. The fourth-order valence-electron chi connectivity index (χ4n) is 3.45. The van der Waals surface area contributed by atoms with Gasteiger partial charge in [0.25, 0.3) is 5.91 Å². The Labute approximate surface area is 188 Å². The third kappa shape index (κ3) is 4.03. The van der Waals surface area contributed by atoms with Crippen LogP contribution in [0.3, 0.4) is 0 Å². The number of carbonyl (C=O) groups is 1. The van der Waals surface area contributed by atoms with Crippen LogP contribution in [0.4, 0.5) is 0 Å². The fraction of sp³-hybridized carbons (Fsp3) is 0.130. The molecule has 2 N–H and O–H groups in total. The predicted octanol–water partition coefficient (Wildman–Crippen LogP) is 3.28. The number of aromatic nitrogens is 1. The molecule has 0 radical (unpaired) electrons. The second kappa shape index (κ2) is 8.59. The normalized spacial score (nSPS) is 12.2. The van der Waals surface area contributed by atoms with Crippen molar-refractivity contribution in [2.75, 3.05) is 6.61 Å². The molecule has 0 saturated carbocycles. The minimum atomic E-state index is -3.87. The number of benzene rings is 3. The maximum Gasteiger partial charge on any atom is 0.284 e. The van der Waals surface area contributed by atoms with Crippen molar-refractivity contribution >= 4 is 48.3 Å². The highest BCUT2D eigenvalue weighted by Gasteiger charge is 2.18. The molecule has 0 bridgehead atoms. The zero-order valence-electron chi connectivity index (χ0n) is 17.1. The van der Waals surface area contributed by atoms with Gasteiger partial charge in [0.2, 0.25) is 10.0 Å². The summed E-state index contributed by atoms with van der Waals surface area (Å²) in [6.45, 7) is 2.40. The number of hydrogen-bond acceptors (Lipinski definition) is 5. The molecule has 1 aromatic heterocycles. The minimum Gasteiger partial charge on any atom is -0.493 e. The van der Waals surface area contributed by atoms with E-state index >= 15 is 0 Å². The van der Waals surface area contributed by atoms with Gasteiger partial charge >= 0.3 is 0 Å². The first-order chi connectivity index (χ1) is 15.3. The molecule has 1 heterocycles. The van der Waals surface area contributed by atoms with Gasteiger partial charge in [0.15, 0.2) is 4.80 Å². The van der Waals surface area contributed by atoms with E-state index in [1.54, 1.807) is 16.7 Å². The van der Waals surface area contributed by atoms with Crippen LogP contribution in [0.1, 0.15) is 17.3 Å². The van der Waals surface area contributed by atoms with Crippen LogP contribution in [-0.2, 0) is 16.6 Å². The van der Waals surface area contributed by atoms with Gasteiger partial charge < -0.3 is 9.30 Å². The molecular weight excluding hydrogens is 446 g/mol. The zero-order valence-corrected chi connectivity index (χ0v) is 18.7. The number of rotatable bonds is 5. The van der Waals surface area contributed by atoms with E-state index in [1.807, 2.05) is 37.3 Å². The summed E-state index contributed by atoms with van der Waals surface area (Å²) in [7, 11) is -3.87. The van der Waals surface area contributed by atoms with Gasteiger partial charge in [-0.1, -0.05) is 47.6 Å². The lowest BCUT2D eigenvalue weighted by Gasteiger charge is -2.10. The van der Waals surface area contributed by atoms with Crippen LogP contribution in [0.5, 0.6) is 5.75 Å². The number of nitrogens with two attached hydrogens (primary N) is 1. The molecule has 0 atom stereocenters. The van der Waals surface area contributed by atoms with Crippen molar-refractivity contribution in [1.82, 2.24) is 4.57 Å². The van der Waals surface area contributed by atoms with Crippen LogP contribution in [0.15, 0.2) is 64.5 Å². The maximum atomic E-state index is 13.4. The molecule has 0 aliphatic carbocycles. The van der Waals surface area contributed by atoms with E-state index in [9.17, 15) is 13.2 Å². The average molecular weight is 466 g/mol. The smallest absolute Gasteiger partial charge is 0.284 e. The topological polar surface area (TPSA) is 104 Å². The molecule has 4 rings (SSSR count). The summed E-state index contributed by atoms with van der Waals surface area (Å²) in [6.07, 6.45) is 5.53. The van der Waals surface area contributed by atoms with Crippen molar-refractivity contribution in [3.05, 3.63) is 65.0 Å². The third-order valence-electron chi connectivity index (χ3n) is 4.83. The highest BCUT2D eigenvalue weighted by molar-refractivity contribution is 7.89. The number of carbonyl (C=O) groups excluding carboxylic acids is 1. The monoisotopic (exact) mass is 465 g/mol. The maximum absolute atomic E-state index is 13.4. The van der Waals surface area contributed by atoms with Crippen LogP contribution in [0.2, 0.25) is 0 Å². The van der Waals surface area contributed by atoms with Gasteiger partial charge in [0.05, 0.1) is 33.8 Å². The number of terminal acetylenes is 1. The molecule has 0 unspecified atom stereocenters. The van der Waals surface area contributed by atoms with E-state index in [2.05, 4.69) is 10.9 Å². The average Bonchev–Trinajstić information content (AvgIpc) is 3.09. The van der Waals surface area contributed by atoms with Crippen molar-refractivity contribution in [3.63, 3.8) is 0 Å². The van der Waals surface area contributed by atoms with Crippen molar-refractivity contribution in [2.45, 2.75) is 18.4 Å². The number of hydrogen-bond donors (Lipinski definition) is 1. The van der Waals surface area contributed by atoms with Crippen LogP contribution in [-0.4, -0.2) is 25.5 Å². The van der Waals surface area contributed by atoms with Crippen LogP contribution in [0, 0.1) is 12.3 Å². The van der Waals surface area contributed by atoms with E-state index in [-0.39, 0.29) is 11.4 Å². The van der Waals surface area contributed by atoms with E-state index in [1.165, 1.54) is 12.1 Å². The summed E-state index contributed by atoms with van der Waals surface area (Å²) >= 11 is 1.16. The van der Waals surface area contributed by atoms with Gasteiger partial charge in [-0.25, -0.2) is 13.6 Å². The lowest BCUT2D eigenvalue weighted by molar-refractivity contribution is 0.0996. The number of primary sulfonamides is 1. The lowest BCUT2D eigenvalue weighted by atomic mass is 10.0. The first-order valence-electron chi connectivity index (χ1n) is 9.66. The molecule has 0 spiro atoms. The number of ether oxygens (including phenoxy) is 1. The highest BCUT2D eigenvalue weighted by atomic mass is 32.2. The van der Waals surface area contributed by atoms with Gasteiger partial charge in [-0.05, 0) is 42.0 Å². The van der Waals surface area contributed by atoms with Crippen molar-refractivity contribution in [3.8, 4) is 18.1 Å². The molecule has 3 aromatic carbocycles. The molecule has 7 nitrogen and oxygen atoms in total. The molecule has 0 fully saturated rings. The minimum absolute atomic E-state index is 0.0235. The molecule has 1 amide bonds. The largest absolute Gasteiger partial charge is 0.493 e. The molecule has 32 heavy (non-hydrogen) atoms. The van der Waals surface area contributed by atoms with E-state index in [0.29, 0.717) is 32.9 Å². The van der Waals surface area contributed by atoms with Crippen LogP contribution in [0.25, 0.3) is 21.0 Å². The number of amides is 1. The van der Waals surface area contributed by atoms with Crippen LogP contribution < -0.4 is 14.7 Å². The molecule has 162 valence electrons. The number of sulfonamides is 1. The summed E-state index contributed by atoms with van der Waals surface area (Å²) < 4.78 is 31.4. The summed E-state index contributed by atoms with van der Waals surface area (Å²) in [4.78, 5) is 18.0. The molecule has 0 saturated heterocycles. The number of thiazole rings is 1. The molecule has 4 aromatic rings. The summed E-state index contributed by atoms with van der Waals surface area (Å²) in [5.41, 5.74) is 1.02. The van der Waals surface area contributed by atoms with Crippen molar-refractivity contribution in [2.24, 2.45) is 10.1 Å². The molecule has 0 aliphatic rings. The Bertz CT molecular complexity index is 1570. The Hall–Kier alpha value is -3.45. The first-order valence-corrected chi connectivity index (χ1v) is 12.0. The predicted molar refractivity (Wildman–Crippen MR) is 125 cm³/mol. The van der Waals surface area contributed by atoms with E-state index in [0.717, 1.165) is 22.1 Å². The second-order valence-corrected chi connectivity index (χ2v) is 9.43. The van der Waals surface area contributed by atoms with Gasteiger partial charge in [0, 0.05) is 0 Å². The molecule has 9 heteroatoms. The molecular formula is C23H19N3O4S2. The number of fused-ring (bicyclic) bond motifs is 2. The zero-order chi connectivity index (χ0) is 22.9. The Morgan fingerprint density at radius 2 is 2.00 bits per heavy atom. The fourth-order valence-corrected chi connectivity index (χ4v) is 5.13.